The number of hydrogen-bond donors (Lipinski definition) is 1. The van der Waals surface area contributed by atoms with Crippen molar-refractivity contribution in [3.05, 3.63) is 81.5 Å². The highest BCUT2D eigenvalue weighted by Gasteiger charge is 2.10. The normalized spacial score (nSPS) is 10.4. The zero-order chi connectivity index (χ0) is 16.9. The van der Waals surface area contributed by atoms with E-state index in [1.807, 2.05) is 60.8 Å². The summed E-state index contributed by atoms with van der Waals surface area (Å²) in [5.41, 5.74) is 4.13. The summed E-state index contributed by atoms with van der Waals surface area (Å²) in [4.78, 5) is 12.9. The summed E-state index contributed by atoms with van der Waals surface area (Å²) < 4.78 is 5.86. The molecule has 0 unspecified atom stereocenters. The van der Waals surface area contributed by atoms with Gasteiger partial charge in [-0.25, -0.2) is 0 Å². The molecule has 0 aliphatic carbocycles. The number of hydrogen-bond acceptors (Lipinski definition) is 3. The average Bonchev–Trinajstić information content (AvgIpc) is 3.04. The molecule has 0 saturated heterocycles. The van der Waals surface area contributed by atoms with Gasteiger partial charge >= 0.3 is 0 Å². The number of nitrogens with one attached hydrogen (secondary N) is 1. The number of benzene rings is 2. The van der Waals surface area contributed by atoms with E-state index in [2.05, 4.69) is 18.3 Å². The predicted molar refractivity (Wildman–Crippen MR) is 99.0 cm³/mol. The van der Waals surface area contributed by atoms with E-state index in [0.29, 0.717) is 11.5 Å². The summed E-state index contributed by atoms with van der Waals surface area (Å²) in [6.45, 7) is 4.56. The van der Waals surface area contributed by atoms with Gasteiger partial charge in [0.1, 0.15) is 12.4 Å². The van der Waals surface area contributed by atoms with Gasteiger partial charge in [0.25, 0.3) is 5.91 Å². The zero-order valence-electron chi connectivity index (χ0n) is 13.7. The molecule has 1 heterocycles. The van der Waals surface area contributed by atoms with Crippen LogP contribution in [0.2, 0.25) is 0 Å². The zero-order valence-corrected chi connectivity index (χ0v) is 14.5. The standard InChI is InChI=1S/C20H19NO2S/c1-14-8-9-18(15(2)10-14)23-12-16-11-19(24-13-16)20(22)21-17-6-4-3-5-7-17/h3-11,13H,12H2,1-2H3,(H,21,22). The third-order valence-corrected chi connectivity index (χ3v) is 4.61. The topological polar surface area (TPSA) is 38.3 Å². The van der Waals surface area contributed by atoms with E-state index < -0.39 is 0 Å². The van der Waals surface area contributed by atoms with Crippen LogP contribution in [0.15, 0.2) is 60.0 Å². The highest BCUT2D eigenvalue weighted by Crippen LogP contribution is 2.22. The molecular formula is C20H19NO2S. The lowest BCUT2D eigenvalue weighted by atomic mass is 10.1. The lowest BCUT2D eigenvalue weighted by molar-refractivity contribution is 0.103. The number of carbonyl (C=O) groups is 1. The molecule has 1 N–H and O–H groups in total. The first-order valence-corrected chi connectivity index (χ1v) is 8.63. The number of aryl methyl sites for hydroxylation is 2. The van der Waals surface area contributed by atoms with Crippen LogP contribution in [0.5, 0.6) is 5.75 Å². The third-order valence-electron chi connectivity index (χ3n) is 3.63. The largest absolute Gasteiger partial charge is 0.489 e. The maximum Gasteiger partial charge on any atom is 0.265 e. The van der Waals surface area contributed by atoms with Gasteiger partial charge in [-0.1, -0.05) is 35.9 Å². The van der Waals surface area contributed by atoms with Gasteiger partial charge < -0.3 is 10.1 Å². The first-order chi connectivity index (χ1) is 11.6. The molecule has 0 aliphatic rings. The van der Waals surface area contributed by atoms with Gasteiger partial charge in [-0.3, -0.25) is 4.79 Å². The second-order valence-corrected chi connectivity index (χ2v) is 6.61. The maximum atomic E-state index is 12.3. The Labute approximate surface area is 145 Å². The fourth-order valence-electron chi connectivity index (χ4n) is 2.41. The van der Waals surface area contributed by atoms with Crippen LogP contribution in [0.4, 0.5) is 5.69 Å². The van der Waals surface area contributed by atoms with E-state index in [9.17, 15) is 4.79 Å². The summed E-state index contributed by atoms with van der Waals surface area (Å²) in [6.07, 6.45) is 0. The molecule has 3 aromatic rings. The minimum absolute atomic E-state index is 0.0935. The van der Waals surface area contributed by atoms with Crippen molar-refractivity contribution in [1.82, 2.24) is 0 Å². The molecule has 0 bridgehead atoms. The highest BCUT2D eigenvalue weighted by molar-refractivity contribution is 7.12. The van der Waals surface area contributed by atoms with Gasteiger partial charge in [-0.05, 0) is 49.1 Å². The van der Waals surface area contributed by atoms with Crippen molar-refractivity contribution in [1.29, 1.82) is 0 Å². The van der Waals surface area contributed by atoms with E-state index in [-0.39, 0.29) is 5.91 Å². The number of carbonyl (C=O) groups excluding carboxylic acids is 1. The minimum atomic E-state index is -0.0935. The van der Waals surface area contributed by atoms with Crippen LogP contribution in [0.25, 0.3) is 0 Å². The van der Waals surface area contributed by atoms with Crippen molar-refractivity contribution < 1.29 is 9.53 Å². The number of amides is 1. The number of thiophene rings is 1. The van der Waals surface area contributed by atoms with E-state index >= 15 is 0 Å². The van der Waals surface area contributed by atoms with Crippen molar-refractivity contribution >= 4 is 22.9 Å². The molecule has 1 aromatic heterocycles. The molecule has 0 aliphatic heterocycles. The van der Waals surface area contributed by atoms with Crippen molar-refractivity contribution in [2.75, 3.05) is 5.32 Å². The molecule has 0 saturated carbocycles. The van der Waals surface area contributed by atoms with Crippen LogP contribution in [0.1, 0.15) is 26.4 Å². The summed E-state index contributed by atoms with van der Waals surface area (Å²) >= 11 is 1.43. The van der Waals surface area contributed by atoms with Gasteiger partial charge in [-0.15, -0.1) is 11.3 Å². The summed E-state index contributed by atoms with van der Waals surface area (Å²) in [5, 5.41) is 4.85. The number of para-hydroxylation sites is 1. The molecule has 4 heteroatoms. The quantitative estimate of drug-likeness (QED) is 0.695. The Morgan fingerprint density at radius 1 is 1.08 bits per heavy atom. The SMILES string of the molecule is Cc1ccc(OCc2csc(C(=O)Nc3ccccc3)c2)c(C)c1. The van der Waals surface area contributed by atoms with E-state index in [1.54, 1.807) is 0 Å². The van der Waals surface area contributed by atoms with Gasteiger partial charge in [0, 0.05) is 11.3 Å². The monoisotopic (exact) mass is 337 g/mol. The Hall–Kier alpha value is -2.59. The maximum absolute atomic E-state index is 12.3. The van der Waals surface area contributed by atoms with Crippen LogP contribution in [-0.2, 0) is 6.61 Å². The average molecular weight is 337 g/mol. The molecule has 1 amide bonds. The van der Waals surface area contributed by atoms with Crippen molar-refractivity contribution in [3.63, 3.8) is 0 Å². The summed E-state index contributed by atoms with van der Waals surface area (Å²) in [7, 11) is 0. The molecule has 122 valence electrons. The molecular weight excluding hydrogens is 318 g/mol. The first kappa shape index (κ1) is 16.3. The van der Waals surface area contributed by atoms with Crippen molar-refractivity contribution in [2.45, 2.75) is 20.5 Å². The second kappa shape index (κ2) is 7.32. The van der Waals surface area contributed by atoms with Crippen LogP contribution in [-0.4, -0.2) is 5.91 Å². The van der Waals surface area contributed by atoms with Crippen LogP contribution >= 0.6 is 11.3 Å². The van der Waals surface area contributed by atoms with Crippen LogP contribution < -0.4 is 10.1 Å². The Balaban J connectivity index is 1.62. The smallest absolute Gasteiger partial charge is 0.265 e. The Morgan fingerprint density at radius 2 is 1.88 bits per heavy atom. The van der Waals surface area contributed by atoms with Crippen LogP contribution in [0, 0.1) is 13.8 Å². The predicted octanol–water partition coefficient (Wildman–Crippen LogP) is 5.20. The molecule has 3 nitrogen and oxygen atoms in total. The molecule has 2 aromatic carbocycles. The third kappa shape index (κ3) is 4.03. The Kier molecular flexibility index (Phi) is 4.96. The Morgan fingerprint density at radius 3 is 2.62 bits per heavy atom. The molecule has 0 spiro atoms. The van der Waals surface area contributed by atoms with Gasteiger partial charge in [0.2, 0.25) is 0 Å². The minimum Gasteiger partial charge on any atom is -0.489 e. The fraction of sp³-hybridized carbons (Fsp3) is 0.150. The van der Waals surface area contributed by atoms with E-state index in [0.717, 1.165) is 22.6 Å². The lowest BCUT2D eigenvalue weighted by Gasteiger charge is -2.08. The summed E-state index contributed by atoms with van der Waals surface area (Å²) in [5.74, 6) is 0.783. The van der Waals surface area contributed by atoms with Gasteiger partial charge in [0.05, 0.1) is 4.88 Å². The second-order valence-electron chi connectivity index (χ2n) is 5.70. The van der Waals surface area contributed by atoms with Crippen molar-refractivity contribution in [3.8, 4) is 5.75 Å². The Bertz CT molecular complexity index is 840. The highest BCUT2D eigenvalue weighted by atomic mass is 32.1. The lowest BCUT2D eigenvalue weighted by Crippen LogP contribution is -2.09. The van der Waals surface area contributed by atoms with E-state index in [4.69, 9.17) is 4.74 Å². The van der Waals surface area contributed by atoms with E-state index in [1.165, 1.54) is 16.9 Å². The van der Waals surface area contributed by atoms with Gasteiger partial charge in [-0.2, -0.15) is 0 Å². The number of anilines is 1. The van der Waals surface area contributed by atoms with Crippen molar-refractivity contribution in [2.24, 2.45) is 0 Å². The molecule has 0 fully saturated rings. The number of ether oxygens (including phenoxy) is 1. The molecule has 0 radical (unpaired) electrons. The molecule has 3 rings (SSSR count). The van der Waals surface area contributed by atoms with Crippen LogP contribution in [0.3, 0.4) is 0 Å². The fourth-order valence-corrected chi connectivity index (χ4v) is 3.20. The summed E-state index contributed by atoms with van der Waals surface area (Å²) in [6, 6.07) is 17.5. The molecule has 0 atom stereocenters. The first-order valence-electron chi connectivity index (χ1n) is 7.76. The molecule has 24 heavy (non-hydrogen) atoms. The number of rotatable bonds is 5. The van der Waals surface area contributed by atoms with Gasteiger partial charge in [0.15, 0.2) is 0 Å².